The summed E-state index contributed by atoms with van der Waals surface area (Å²) < 4.78 is 6.30. The molecule has 0 saturated carbocycles. The first-order valence-electron chi connectivity index (χ1n) is 8.13. The van der Waals surface area contributed by atoms with Crippen LogP contribution in [0, 0.1) is 16.0 Å². The Morgan fingerprint density at radius 1 is 1.28 bits per heavy atom. The molecule has 0 amide bonds. The Labute approximate surface area is 154 Å². The van der Waals surface area contributed by atoms with Crippen molar-refractivity contribution in [3.8, 4) is 5.75 Å². The smallest absolute Gasteiger partial charge is 0.296 e. The number of allylic oxidation sites excluding steroid dienone is 2. The Kier molecular flexibility index (Phi) is 4.00. The summed E-state index contributed by atoms with van der Waals surface area (Å²) in [6.07, 6.45) is 5.28. The topological polar surface area (TPSA) is 64.4 Å². The van der Waals surface area contributed by atoms with Crippen molar-refractivity contribution < 1.29 is 9.66 Å². The molecule has 3 atom stereocenters. The van der Waals surface area contributed by atoms with Gasteiger partial charge in [-0.1, -0.05) is 40.2 Å². The van der Waals surface area contributed by atoms with E-state index in [9.17, 15) is 10.1 Å². The van der Waals surface area contributed by atoms with E-state index in [0.29, 0.717) is 17.4 Å². The molecule has 1 aliphatic heterocycles. The second-order valence-corrected chi connectivity index (χ2v) is 7.31. The van der Waals surface area contributed by atoms with E-state index in [2.05, 4.69) is 45.5 Å². The molecule has 6 heteroatoms. The quantitative estimate of drug-likeness (QED) is 0.437. The van der Waals surface area contributed by atoms with Gasteiger partial charge < -0.3 is 10.1 Å². The van der Waals surface area contributed by atoms with Gasteiger partial charge in [0.1, 0.15) is 11.4 Å². The number of nitrogens with one attached hydrogen (secondary N) is 1. The maximum Gasteiger partial charge on any atom is 0.296 e. The summed E-state index contributed by atoms with van der Waals surface area (Å²) in [6.45, 7) is 0. The molecule has 0 fully saturated rings. The summed E-state index contributed by atoms with van der Waals surface area (Å²) in [5.41, 5.74) is 2.75. The normalized spacial score (nSPS) is 23.5. The van der Waals surface area contributed by atoms with Crippen LogP contribution in [0.15, 0.2) is 53.0 Å². The van der Waals surface area contributed by atoms with Crippen molar-refractivity contribution in [2.45, 2.75) is 18.4 Å². The average Bonchev–Trinajstić information content (AvgIpc) is 3.10. The van der Waals surface area contributed by atoms with E-state index in [4.69, 9.17) is 4.74 Å². The van der Waals surface area contributed by atoms with E-state index < -0.39 is 0 Å². The fourth-order valence-electron chi connectivity index (χ4n) is 3.92. The van der Waals surface area contributed by atoms with Gasteiger partial charge in [-0.25, -0.2) is 0 Å². The largest absolute Gasteiger partial charge is 0.496 e. The van der Waals surface area contributed by atoms with Crippen LogP contribution in [0.2, 0.25) is 0 Å². The van der Waals surface area contributed by atoms with Gasteiger partial charge in [-0.3, -0.25) is 10.1 Å². The first-order chi connectivity index (χ1) is 12.1. The molecular weight excluding hydrogens is 384 g/mol. The molecule has 4 rings (SSSR count). The van der Waals surface area contributed by atoms with Gasteiger partial charge in [0.15, 0.2) is 0 Å². The lowest BCUT2D eigenvalue weighted by atomic mass is 9.76. The number of ether oxygens (including phenoxy) is 1. The molecule has 128 valence electrons. The Bertz CT molecular complexity index is 864. The van der Waals surface area contributed by atoms with E-state index in [0.717, 1.165) is 22.0 Å². The lowest BCUT2D eigenvalue weighted by Gasteiger charge is -2.37. The lowest BCUT2D eigenvalue weighted by molar-refractivity contribution is -0.384. The van der Waals surface area contributed by atoms with E-state index in [1.54, 1.807) is 0 Å². The number of nitrogens with zero attached hydrogens (tertiary/aromatic N) is 1. The summed E-state index contributed by atoms with van der Waals surface area (Å²) in [6, 6.07) is 11.6. The summed E-state index contributed by atoms with van der Waals surface area (Å²) in [7, 11) is 1.54. The number of nitro groups is 1. The first kappa shape index (κ1) is 16.1. The Morgan fingerprint density at radius 3 is 2.72 bits per heavy atom. The molecule has 1 heterocycles. The van der Waals surface area contributed by atoms with Gasteiger partial charge in [0.2, 0.25) is 0 Å². The van der Waals surface area contributed by atoms with Crippen molar-refractivity contribution >= 4 is 27.3 Å². The Morgan fingerprint density at radius 2 is 2.04 bits per heavy atom. The van der Waals surface area contributed by atoms with Crippen LogP contribution >= 0.6 is 15.9 Å². The van der Waals surface area contributed by atoms with Gasteiger partial charge in [-0.2, -0.15) is 0 Å². The van der Waals surface area contributed by atoms with Gasteiger partial charge in [-0.15, -0.1) is 0 Å². The highest BCUT2D eigenvalue weighted by Gasteiger charge is 2.41. The van der Waals surface area contributed by atoms with Gasteiger partial charge in [-0.05, 0) is 41.7 Å². The highest BCUT2D eigenvalue weighted by atomic mass is 79.9. The molecule has 0 unspecified atom stereocenters. The molecule has 0 saturated heterocycles. The molecule has 2 aromatic rings. The number of halogens is 1. The van der Waals surface area contributed by atoms with Gasteiger partial charge in [0, 0.05) is 10.4 Å². The second-order valence-electron chi connectivity index (χ2n) is 6.39. The molecule has 2 aromatic carbocycles. The van der Waals surface area contributed by atoms with E-state index >= 15 is 0 Å². The zero-order valence-electron chi connectivity index (χ0n) is 13.6. The predicted molar refractivity (Wildman–Crippen MR) is 100 cm³/mol. The fourth-order valence-corrected chi connectivity index (χ4v) is 4.18. The van der Waals surface area contributed by atoms with Crippen molar-refractivity contribution in [2.75, 3.05) is 12.4 Å². The average molecular weight is 401 g/mol. The number of hydrogen-bond donors (Lipinski definition) is 1. The van der Waals surface area contributed by atoms with Crippen LogP contribution in [0.4, 0.5) is 11.4 Å². The fraction of sp³-hybridized carbons (Fsp3) is 0.263. The third kappa shape index (κ3) is 2.70. The maximum atomic E-state index is 11.6. The van der Waals surface area contributed by atoms with Crippen molar-refractivity contribution in [1.29, 1.82) is 0 Å². The summed E-state index contributed by atoms with van der Waals surface area (Å²) in [4.78, 5) is 11.3. The van der Waals surface area contributed by atoms with Crippen LogP contribution in [0.5, 0.6) is 5.75 Å². The second kappa shape index (κ2) is 6.19. The van der Waals surface area contributed by atoms with Crippen molar-refractivity contribution in [2.24, 2.45) is 5.92 Å². The molecule has 25 heavy (non-hydrogen) atoms. The molecule has 0 bridgehead atoms. The summed E-state index contributed by atoms with van der Waals surface area (Å²) in [5, 5.41) is 15.1. The van der Waals surface area contributed by atoms with Crippen LogP contribution < -0.4 is 10.1 Å². The third-order valence-electron chi connectivity index (χ3n) is 5.08. The minimum atomic E-state index is -0.341. The van der Waals surface area contributed by atoms with Crippen molar-refractivity contribution in [1.82, 2.24) is 0 Å². The maximum absolute atomic E-state index is 11.6. The van der Waals surface area contributed by atoms with Gasteiger partial charge in [0.05, 0.1) is 24.1 Å². The van der Waals surface area contributed by atoms with Crippen LogP contribution in [-0.2, 0) is 0 Å². The Balaban J connectivity index is 1.85. The molecule has 1 aliphatic carbocycles. The molecule has 0 radical (unpaired) electrons. The SMILES string of the molecule is COc1cc2c(c([N+](=O)[O-])c1)N[C@H](c1ccc(Br)cc1)[C@H]1CC=C[C@H]21. The minimum Gasteiger partial charge on any atom is -0.496 e. The lowest BCUT2D eigenvalue weighted by Crippen LogP contribution is -2.29. The van der Waals surface area contributed by atoms with Gasteiger partial charge in [0.25, 0.3) is 5.69 Å². The standard InChI is InChI=1S/C19H17BrN2O3/c1-25-13-9-16-14-3-2-4-15(14)18(11-5-7-12(20)8-6-11)21-19(16)17(10-13)22(23)24/h2-3,5-10,14-15,18,21H,4H2,1H3/t14-,15-,18+/m0/s1. The van der Waals surface area contributed by atoms with E-state index in [1.807, 2.05) is 18.2 Å². The zero-order valence-corrected chi connectivity index (χ0v) is 15.2. The Hall–Kier alpha value is -2.34. The number of anilines is 1. The van der Waals surface area contributed by atoms with Crippen molar-refractivity contribution in [3.63, 3.8) is 0 Å². The van der Waals surface area contributed by atoms with Crippen LogP contribution in [0.3, 0.4) is 0 Å². The summed E-state index contributed by atoms with van der Waals surface area (Å²) in [5.74, 6) is 1.01. The minimum absolute atomic E-state index is 0.0349. The highest BCUT2D eigenvalue weighted by molar-refractivity contribution is 9.10. The highest BCUT2D eigenvalue weighted by Crippen LogP contribution is 2.53. The molecule has 1 N–H and O–H groups in total. The molecule has 0 aromatic heterocycles. The van der Waals surface area contributed by atoms with E-state index in [-0.39, 0.29) is 22.6 Å². The monoisotopic (exact) mass is 400 g/mol. The molecule has 2 aliphatic rings. The summed E-state index contributed by atoms with van der Waals surface area (Å²) >= 11 is 3.46. The number of hydrogen-bond acceptors (Lipinski definition) is 4. The van der Waals surface area contributed by atoms with Crippen molar-refractivity contribution in [3.05, 3.63) is 74.3 Å². The number of benzene rings is 2. The van der Waals surface area contributed by atoms with Gasteiger partial charge >= 0.3 is 0 Å². The van der Waals surface area contributed by atoms with Crippen LogP contribution in [-0.4, -0.2) is 12.0 Å². The number of fused-ring (bicyclic) bond motifs is 3. The molecule has 5 nitrogen and oxygen atoms in total. The number of nitro benzene ring substituents is 1. The zero-order chi connectivity index (χ0) is 17.6. The number of methoxy groups -OCH3 is 1. The van der Waals surface area contributed by atoms with Crippen LogP contribution in [0.1, 0.15) is 29.5 Å². The third-order valence-corrected chi connectivity index (χ3v) is 5.61. The predicted octanol–water partition coefficient (Wildman–Crippen LogP) is 5.19. The molecule has 0 spiro atoms. The van der Waals surface area contributed by atoms with E-state index in [1.165, 1.54) is 13.2 Å². The first-order valence-corrected chi connectivity index (χ1v) is 8.93. The number of rotatable bonds is 3. The molecular formula is C19H17BrN2O3. The van der Waals surface area contributed by atoms with Crippen LogP contribution in [0.25, 0.3) is 0 Å².